The molecule has 1 fully saturated rings. The molecule has 1 aromatic heterocycles. The minimum atomic E-state index is 0.623. The molecule has 2 heteroatoms. The van der Waals surface area contributed by atoms with Gasteiger partial charge in [-0.1, -0.05) is 31.5 Å². The highest BCUT2D eigenvalue weighted by atomic mass is 14.9. The van der Waals surface area contributed by atoms with Crippen molar-refractivity contribution in [3.63, 3.8) is 0 Å². The lowest BCUT2D eigenvalue weighted by molar-refractivity contribution is 0.556. The second-order valence-corrected chi connectivity index (χ2v) is 5.08. The first-order chi connectivity index (χ1) is 8.33. The van der Waals surface area contributed by atoms with Gasteiger partial charge in [-0.3, -0.25) is 4.98 Å². The van der Waals surface area contributed by atoms with E-state index in [0.717, 1.165) is 17.1 Å². The topological polar surface area (TPSA) is 24.9 Å². The molecule has 0 amide bonds. The van der Waals surface area contributed by atoms with Gasteiger partial charge in [-0.25, -0.2) is 0 Å². The summed E-state index contributed by atoms with van der Waals surface area (Å²) in [6.07, 6.45) is 5.93. The molecule has 0 spiro atoms. The lowest BCUT2D eigenvalue weighted by atomic mass is 10.1. The number of nitrogens with zero attached hydrogens (tertiary/aromatic N) is 1. The lowest BCUT2D eigenvalue weighted by Gasteiger charge is -2.18. The third kappa shape index (κ3) is 2.12. The molecule has 2 atom stereocenters. The maximum absolute atomic E-state index is 4.49. The van der Waals surface area contributed by atoms with Crippen LogP contribution in [-0.2, 0) is 0 Å². The summed E-state index contributed by atoms with van der Waals surface area (Å²) in [5.41, 5.74) is 2.22. The Balaban J connectivity index is 1.85. The van der Waals surface area contributed by atoms with Crippen molar-refractivity contribution in [1.29, 1.82) is 0 Å². The van der Waals surface area contributed by atoms with Gasteiger partial charge >= 0.3 is 0 Å². The molecule has 2 unspecified atom stereocenters. The van der Waals surface area contributed by atoms with Crippen molar-refractivity contribution in [3.05, 3.63) is 36.5 Å². The minimum absolute atomic E-state index is 0.623. The molecule has 1 heterocycles. The van der Waals surface area contributed by atoms with E-state index < -0.39 is 0 Å². The molecule has 1 saturated carbocycles. The van der Waals surface area contributed by atoms with Gasteiger partial charge < -0.3 is 5.32 Å². The van der Waals surface area contributed by atoms with Crippen molar-refractivity contribution < 1.29 is 0 Å². The number of aromatic nitrogens is 1. The summed E-state index contributed by atoms with van der Waals surface area (Å²) in [4.78, 5) is 4.49. The van der Waals surface area contributed by atoms with Crippen LogP contribution in [0.15, 0.2) is 36.5 Å². The van der Waals surface area contributed by atoms with Crippen LogP contribution >= 0.6 is 0 Å². The second-order valence-electron chi connectivity index (χ2n) is 5.08. The van der Waals surface area contributed by atoms with E-state index in [1.54, 1.807) is 0 Å². The van der Waals surface area contributed by atoms with E-state index in [2.05, 4.69) is 41.5 Å². The number of hydrogen-bond donors (Lipinski definition) is 1. The monoisotopic (exact) mass is 226 g/mol. The van der Waals surface area contributed by atoms with Crippen molar-refractivity contribution in [2.45, 2.75) is 32.2 Å². The van der Waals surface area contributed by atoms with Crippen LogP contribution in [0.5, 0.6) is 0 Å². The van der Waals surface area contributed by atoms with Gasteiger partial charge in [0, 0.05) is 11.4 Å². The first kappa shape index (κ1) is 10.6. The van der Waals surface area contributed by atoms with E-state index in [0.29, 0.717) is 6.04 Å². The van der Waals surface area contributed by atoms with E-state index in [1.807, 2.05) is 12.3 Å². The van der Waals surface area contributed by atoms with Crippen LogP contribution in [0.3, 0.4) is 0 Å². The number of anilines is 1. The predicted molar refractivity (Wildman–Crippen MR) is 72.2 cm³/mol. The summed E-state index contributed by atoms with van der Waals surface area (Å²) in [5, 5.41) is 4.83. The fourth-order valence-corrected chi connectivity index (χ4v) is 2.72. The Kier molecular flexibility index (Phi) is 2.71. The highest BCUT2D eigenvalue weighted by molar-refractivity contribution is 5.81. The van der Waals surface area contributed by atoms with Crippen LogP contribution in [0.25, 0.3) is 10.9 Å². The predicted octanol–water partition coefficient (Wildman–Crippen LogP) is 3.84. The first-order valence-electron chi connectivity index (χ1n) is 6.44. The van der Waals surface area contributed by atoms with Crippen LogP contribution in [-0.4, -0.2) is 11.0 Å². The number of nitrogens with one attached hydrogen (secondary N) is 1. The molecule has 88 valence electrons. The fourth-order valence-electron chi connectivity index (χ4n) is 2.72. The van der Waals surface area contributed by atoms with Gasteiger partial charge in [-0.05, 0) is 30.9 Å². The number of benzene rings is 1. The van der Waals surface area contributed by atoms with Gasteiger partial charge in [-0.2, -0.15) is 0 Å². The molecule has 1 aliphatic carbocycles. The van der Waals surface area contributed by atoms with Crippen molar-refractivity contribution >= 4 is 16.6 Å². The largest absolute Gasteiger partial charge is 0.381 e. The van der Waals surface area contributed by atoms with Crippen molar-refractivity contribution in [1.82, 2.24) is 4.98 Å². The maximum Gasteiger partial charge on any atom is 0.0703 e. The zero-order valence-electron chi connectivity index (χ0n) is 10.2. The van der Waals surface area contributed by atoms with Crippen molar-refractivity contribution in [3.8, 4) is 0 Å². The standard InChI is InChI=1S/C15H18N2/c1-11-5-4-8-14(11)17-13-9-12-6-2-3-7-15(12)16-10-13/h2-3,6-7,9-11,14,17H,4-5,8H2,1H3. The Morgan fingerprint density at radius 2 is 2.12 bits per heavy atom. The summed E-state index contributed by atoms with van der Waals surface area (Å²) in [6.45, 7) is 2.33. The molecular weight excluding hydrogens is 208 g/mol. The van der Waals surface area contributed by atoms with Crippen LogP contribution in [0, 0.1) is 5.92 Å². The molecule has 0 aliphatic heterocycles. The zero-order valence-corrected chi connectivity index (χ0v) is 10.2. The molecule has 3 rings (SSSR count). The summed E-state index contributed by atoms with van der Waals surface area (Å²) >= 11 is 0. The highest BCUT2D eigenvalue weighted by Gasteiger charge is 2.22. The van der Waals surface area contributed by atoms with E-state index in [-0.39, 0.29) is 0 Å². The fraction of sp³-hybridized carbons (Fsp3) is 0.400. The van der Waals surface area contributed by atoms with Gasteiger partial charge in [0.15, 0.2) is 0 Å². The number of pyridine rings is 1. The Morgan fingerprint density at radius 1 is 1.24 bits per heavy atom. The average Bonchev–Trinajstić information content (AvgIpc) is 2.75. The average molecular weight is 226 g/mol. The number of hydrogen-bond acceptors (Lipinski definition) is 2. The maximum atomic E-state index is 4.49. The quantitative estimate of drug-likeness (QED) is 0.841. The number of rotatable bonds is 2. The molecule has 0 saturated heterocycles. The zero-order chi connectivity index (χ0) is 11.7. The molecule has 0 bridgehead atoms. The normalized spacial score (nSPS) is 24.1. The van der Waals surface area contributed by atoms with Crippen LogP contribution in [0.2, 0.25) is 0 Å². The Labute approximate surface area is 102 Å². The molecule has 17 heavy (non-hydrogen) atoms. The molecule has 1 N–H and O–H groups in total. The summed E-state index contributed by atoms with van der Waals surface area (Å²) in [6, 6.07) is 11.1. The third-order valence-electron chi connectivity index (χ3n) is 3.80. The molecule has 2 aromatic rings. The smallest absolute Gasteiger partial charge is 0.0703 e. The van der Waals surface area contributed by atoms with Gasteiger partial charge in [0.1, 0.15) is 0 Å². The van der Waals surface area contributed by atoms with Crippen LogP contribution < -0.4 is 5.32 Å². The van der Waals surface area contributed by atoms with E-state index in [4.69, 9.17) is 0 Å². The molecule has 0 radical (unpaired) electrons. The molecule has 2 nitrogen and oxygen atoms in total. The van der Waals surface area contributed by atoms with Gasteiger partial charge in [-0.15, -0.1) is 0 Å². The number of para-hydroxylation sites is 1. The first-order valence-corrected chi connectivity index (χ1v) is 6.44. The van der Waals surface area contributed by atoms with Gasteiger partial charge in [0.05, 0.1) is 17.4 Å². The summed E-state index contributed by atoms with van der Waals surface area (Å²) < 4.78 is 0. The SMILES string of the molecule is CC1CCCC1Nc1cnc2ccccc2c1. The number of fused-ring (bicyclic) bond motifs is 1. The molecule has 1 aliphatic rings. The second kappa shape index (κ2) is 4.36. The van der Waals surface area contributed by atoms with E-state index >= 15 is 0 Å². The van der Waals surface area contributed by atoms with E-state index in [1.165, 1.54) is 24.6 Å². The van der Waals surface area contributed by atoms with E-state index in [9.17, 15) is 0 Å². The lowest BCUT2D eigenvalue weighted by Crippen LogP contribution is -2.21. The summed E-state index contributed by atoms with van der Waals surface area (Å²) in [7, 11) is 0. The summed E-state index contributed by atoms with van der Waals surface area (Å²) in [5.74, 6) is 0.779. The van der Waals surface area contributed by atoms with Gasteiger partial charge in [0.2, 0.25) is 0 Å². The molecule has 1 aromatic carbocycles. The third-order valence-corrected chi connectivity index (χ3v) is 3.80. The van der Waals surface area contributed by atoms with Crippen LogP contribution in [0.4, 0.5) is 5.69 Å². The minimum Gasteiger partial charge on any atom is -0.381 e. The van der Waals surface area contributed by atoms with Crippen molar-refractivity contribution in [2.75, 3.05) is 5.32 Å². The Morgan fingerprint density at radius 3 is 2.94 bits per heavy atom. The molecular formula is C15H18N2. The highest BCUT2D eigenvalue weighted by Crippen LogP contribution is 2.28. The Bertz CT molecular complexity index is 521. The Hall–Kier alpha value is -1.57. The van der Waals surface area contributed by atoms with Gasteiger partial charge in [0.25, 0.3) is 0 Å². The van der Waals surface area contributed by atoms with Crippen molar-refractivity contribution in [2.24, 2.45) is 5.92 Å². The van der Waals surface area contributed by atoms with Crippen LogP contribution in [0.1, 0.15) is 26.2 Å².